The van der Waals surface area contributed by atoms with Crippen molar-refractivity contribution in [1.82, 2.24) is 4.90 Å². The van der Waals surface area contributed by atoms with Crippen molar-refractivity contribution in [2.75, 3.05) is 18.4 Å². The Labute approximate surface area is 144 Å². The molecule has 0 bridgehead atoms. The third-order valence-electron chi connectivity index (χ3n) is 4.42. The Balaban J connectivity index is 1.78. The van der Waals surface area contributed by atoms with Crippen molar-refractivity contribution >= 4 is 17.5 Å². The highest BCUT2D eigenvalue weighted by molar-refractivity contribution is 5.93. The molecule has 5 nitrogen and oxygen atoms in total. The fourth-order valence-corrected chi connectivity index (χ4v) is 2.77. The largest absolute Gasteiger partial charge is 0.393 e. The summed E-state index contributed by atoms with van der Waals surface area (Å²) in [5.41, 5.74) is 2.04. The summed E-state index contributed by atoms with van der Waals surface area (Å²) in [6.45, 7) is 7.59. The topological polar surface area (TPSA) is 69.6 Å². The molecule has 2 amide bonds. The fraction of sp³-hybridized carbons (Fsp3) is 0.579. The number of benzene rings is 1. The molecule has 1 heterocycles. The highest BCUT2D eigenvalue weighted by atomic mass is 16.3. The second-order valence-electron chi connectivity index (χ2n) is 7.49. The lowest BCUT2D eigenvalue weighted by molar-refractivity contribution is -0.134. The van der Waals surface area contributed by atoms with Gasteiger partial charge in [-0.1, -0.05) is 32.9 Å². The Morgan fingerprint density at radius 2 is 1.71 bits per heavy atom. The number of rotatable bonds is 4. The minimum Gasteiger partial charge on any atom is -0.393 e. The van der Waals surface area contributed by atoms with Crippen molar-refractivity contribution in [1.29, 1.82) is 0 Å². The molecule has 132 valence electrons. The van der Waals surface area contributed by atoms with E-state index in [0.29, 0.717) is 25.9 Å². The highest BCUT2D eigenvalue weighted by Gasteiger charge is 2.21. The Hall–Kier alpha value is -1.88. The van der Waals surface area contributed by atoms with Gasteiger partial charge in [0, 0.05) is 31.6 Å². The van der Waals surface area contributed by atoms with Gasteiger partial charge < -0.3 is 15.3 Å². The van der Waals surface area contributed by atoms with Crippen LogP contribution >= 0.6 is 0 Å². The molecule has 2 rings (SSSR count). The van der Waals surface area contributed by atoms with Crippen LogP contribution in [-0.4, -0.2) is 41.0 Å². The monoisotopic (exact) mass is 332 g/mol. The van der Waals surface area contributed by atoms with Crippen molar-refractivity contribution in [3.63, 3.8) is 0 Å². The summed E-state index contributed by atoms with van der Waals surface area (Å²) < 4.78 is 0. The molecule has 1 aromatic rings. The second kappa shape index (κ2) is 7.79. The van der Waals surface area contributed by atoms with Crippen LogP contribution in [0.5, 0.6) is 0 Å². The fourth-order valence-electron chi connectivity index (χ4n) is 2.77. The number of aliphatic hydroxyl groups is 1. The second-order valence-corrected chi connectivity index (χ2v) is 7.49. The molecule has 1 saturated heterocycles. The summed E-state index contributed by atoms with van der Waals surface area (Å²) in [5.74, 6) is -0.163. The third-order valence-corrected chi connectivity index (χ3v) is 4.42. The zero-order valence-corrected chi connectivity index (χ0v) is 14.8. The molecule has 24 heavy (non-hydrogen) atoms. The summed E-state index contributed by atoms with van der Waals surface area (Å²) in [6, 6.07) is 7.82. The molecule has 1 aliphatic rings. The number of likely N-dealkylation sites (tertiary alicyclic amines) is 1. The number of carbonyl (C=O) groups excluding carboxylic acids is 2. The molecule has 0 atom stereocenters. The van der Waals surface area contributed by atoms with Crippen LogP contribution in [0.4, 0.5) is 5.69 Å². The van der Waals surface area contributed by atoms with Gasteiger partial charge in [0.2, 0.25) is 11.8 Å². The zero-order valence-electron chi connectivity index (χ0n) is 14.8. The van der Waals surface area contributed by atoms with Gasteiger partial charge in [-0.05, 0) is 36.0 Å². The van der Waals surface area contributed by atoms with Gasteiger partial charge in [0.1, 0.15) is 0 Å². The van der Waals surface area contributed by atoms with E-state index < -0.39 is 0 Å². The van der Waals surface area contributed by atoms with E-state index in [9.17, 15) is 14.7 Å². The first kappa shape index (κ1) is 18.5. The molecule has 1 fully saturated rings. The molecular formula is C19H28N2O3. The molecule has 1 aromatic carbocycles. The Bertz CT molecular complexity index is 567. The van der Waals surface area contributed by atoms with Gasteiger partial charge in [-0.15, -0.1) is 0 Å². The van der Waals surface area contributed by atoms with Crippen LogP contribution in [0.15, 0.2) is 24.3 Å². The lowest BCUT2D eigenvalue weighted by Gasteiger charge is -2.29. The van der Waals surface area contributed by atoms with Gasteiger partial charge in [0.25, 0.3) is 0 Å². The minimum atomic E-state index is -0.298. The van der Waals surface area contributed by atoms with E-state index in [1.54, 1.807) is 4.90 Å². The van der Waals surface area contributed by atoms with Gasteiger partial charge in [-0.2, -0.15) is 0 Å². The summed E-state index contributed by atoms with van der Waals surface area (Å²) in [5, 5.41) is 12.3. The van der Waals surface area contributed by atoms with Crippen LogP contribution in [0, 0.1) is 0 Å². The molecule has 1 aliphatic heterocycles. The van der Waals surface area contributed by atoms with Gasteiger partial charge in [-0.3, -0.25) is 9.59 Å². The minimum absolute atomic E-state index is 0.0138. The summed E-state index contributed by atoms with van der Waals surface area (Å²) in [4.78, 5) is 25.8. The number of amides is 2. The molecule has 0 saturated carbocycles. The van der Waals surface area contributed by atoms with E-state index in [1.807, 2.05) is 24.3 Å². The molecule has 0 spiro atoms. The van der Waals surface area contributed by atoms with E-state index in [1.165, 1.54) is 5.56 Å². The maximum absolute atomic E-state index is 12.1. The number of carbonyl (C=O) groups is 2. The molecule has 0 aliphatic carbocycles. The number of anilines is 1. The maximum atomic E-state index is 12.1. The van der Waals surface area contributed by atoms with Crippen molar-refractivity contribution in [2.24, 2.45) is 0 Å². The first-order valence-corrected chi connectivity index (χ1v) is 8.62. The van der Waals surface area contributed by atoms with Gasteiger partial charge >= 0.3 is 0 Å². The van der Waals surface area contributed by atoms with Crippen LogP contribution in [-0.2, 0) is 15.0 Å². The van der Waals surface area contributed by atoms with Gasteiger partial charge in [0.05, 0.1) is 6.10 Å². The third kappa shape index (κ3) is 5.34. The smallest absolute Gasteiger partial charge is 0.224 e. The van der Waals surface area contributed by atoms with Crippen LogP contribution in [0.3, 0.4) is 0 Å². The van der Waals surface area contributed by atoms with E-state index in [0.717, 1.165) is 5.69 Å². The van der Waals surface area contributed by atoms with E-state index in [4.69, 9.17) is 0 Å². The Kier molecular flexibility index (Phi) is 5.99. The molecule has 0 aromatic heterocycles. The maximum Gasteiger partial charge on any atom is 0.224 e. The Morgan fingerprint density at radius 3 is 2.25 bits per heavy atom. The first-order valence-electron chi connectivity index (χ1n) is 8.62. The van der Waals surface area contributed by atoms with Crippen molar-refractivity contribution in [3.8, 4) is 0 Å². The number of nitrogens with zero attached hydrogens (tertiary/aromatic N) is 1. The predicted octanol–water partition coefficient (Wildman–Crippen LogP) is 2.69. The van der Waals surface area contributed by atoms with Gasteiger partial charge in [0.15, 0.2) is 0 Å². The number of piperidine rings is 1. The number of hydrogen-bond acceptors (Lipinski definition) is 3. The number of aliphatic hydroxyl groups excluding tert-OH is 1. The van der Waals surface area contributed by atoms with Crippen LogP contribution in [0.1, 0.15) is 52.0 Å². The average molecular weight is 332 g/mol. The van der Waals surface area contributed by atoms with Crippen LogP contribution in [0.2, 0.25) is 0 Å². The number of nitrogens with one attached hydrogen (secondary N) is 1. The van der Waals surface area contributed by atoms with Crippen molar-refractivity contribution in [2.45, 2.75) is 58.0 Å². The SMILES string of the molecule is CC(C)(C)c1ccc(NC(=O)CCC(=O)N2CCC(O)CC2)cc1. The molecule has 5 heteroatoms. The molecule has 2 N–H and O–H groups in total. The first-order chi connectivity index (χ1) is 11.3. The van der Waals surface area contributed by atoms with Crippen LogP contribution < -0.4 is 5.32 Å². The lowest BCUT2D eigenvalue weighted by Crippen LogP contribution is -2.40. The quantitative estimate of drug-likeness (QED) is 0.890. The zero-order chi connectivity index (χ0) is 17.7. The van der Waals surface area contributed by atoms with E-state index in [2.05, 4.69) is 26.1 Å². The lowest BCUT2D eigenvalue weighted by atomic mass is 9.87. The van der Waals surface area contributed by atoms with E-state index >= 15 is 0 Å². The molecule has 0 radical (unpaired) electrons. The summed E-state index contributed by atoms with van der Waals surface area (Å²) in [7, 11) is 0. The van der Waals surface area contributed by atoms with Crippen LogP contribution in [0.25, 0.3) is 0 Å². The Morgan fingerprint density at radius 1 is 1.12 bits per heavy atom. The summed E-state index contributed by atoms with van der Waals surface area (Å²) in [6.07, 6.45) is 1.34. The standard InChI is InChI=1S/C19H28N2O3/c1-19(2,3)14-4-6-15(7-5-14)20-17(23)8-9-18(24)21-12-10-16(22)11-13-21/h4-7,16,22H,8-13H2,1-3H3,(H,20,23). The van der Waals surface area contributed by atoms with Crippen molar-refractivity contribution in [3.05, 3.63) is 29.8 Å². The molecule has 0 unspecified atom stereocenters. The predicted molar refractivity (Wildman–Crippen MR) is 94.8 cm³/mol. The average Bonchev–Trinajstić information content (AvgIpc) is 2.53. The summed E-state index contributed by atoms with van der Waals surface area (Å²) >= 11 is 0. The normalized spacial score (nSPS) is 16.1. The van der Waals surface area contributed by atoms with Gasteiger partial charge in [-0.25, -0.2) is 0 Å². The van der Waals surface area contributed by atoms with Crippen molar-refractivity contribution < 1.29 is 14.7 Å². The highest BCUT2D eigenvalue weighted by Crippen LogP contribution is 2.23. The number of hydrogen-bond donors (Lipinski definition) is 2. The van der Waals surface area contributed by atoms with E-state index in [-0.39, 0.29) is 36.2 Å². The molecular weight excluding hydrogens is 304 g/mol.